The summed E-state index contributed by atoms with van der Waals surface area (Å²) in [5.41, 5.74) is 0.129. The van der Waals surface area contributed by atoms with E-state index in [1.54, 1.807) is 0 Å². The van der Waals surface area contributed by atoms with Crippen LogP contribution in [0.5, 0.6) is 0 Å². The van der Waals surface area contributed by atoms with Crippen molar-refractivity contribution in [2.24, 2.45) is 0 Å². The summed E-state index contributed by atoms with van der Waals surface area (Å²) in [6.07, 6.45) is 1.94. The van der Waals surface area contributed by atoms with E-state index in [0.717, 1.165) is 25.2 Å². The quantitative estimate of drug-likeness (QED) is 0.843. The molecule has 0 saturated carbocycles. The molecule has 1 aromatic heterocycles. The van der Waals surface area contributed by atoms with Crippen LogP contribution in [0, 0.1) is 0 Å². The van der Waals surface area contributed by atoms with Crippen LogP contribution in [-0.2, 0) is 13.0 Å². The average molecular weight is 268 g/mol. The maximum atomic E-state index is 10.6. The van der Waals surface area contributed by atoms with Gasteiger partial charge in [0.1, 0.15) is 10.4 Å². The minimum atomic E-state index is -0.969. The van der Waals surface area contributed by atoms with Crippen molar-refractivity contribution in [3.63, 3.8) is 0 Å². The van der Waals surface area contributed by atoms with Crippen LogP contribution in [0.15, 0.2) is 4.60 Å². The Morgan fingerprint density at radius 1 is 1.62 bits per heavy atom. The van der Waals surface area contributed by atoms with Crippen LogP contribution in [0.1, 0.15) is 22.7 Å². The largest absolute Gasteiger partial charge is 0.476 e. The van der Waals surface area contributed by atoms with Gasteiger partial charge in [0, 0.05) is 13.0 Å². The van der Waals surface area contributed by atoms with Crippen molar-refractivity contribution in [1.82, 2.24) is 9.55 Å². The highest BCUT2D eigenvalue weighted by atomic mass is 79.9. The normalized spacial score (nSPS) is 13.6. The predicted molar refractivity (Wildman–Crippen MR) is 52.5 cm³/mol. The molecule has 6 heteroatoms. The summed E-state index contributed by atoms with van der Waals surface area (Å²) in [6, 6.07) is 0. The Hall–Kier alpha value is -0.550. The minimum absolute atomic E-state index is 0. The number of hydrogen-bond acceptors (Lipinski definition) is 2. The van der Waals surface area contributed by atoms with Gasteiger partial charge in [-0.15, -0.1) is 12.4 Å². The van der Waals surface area contributed by atoms with Gasteiger partial charge >= 0.3 is 5.97 Å². The zero-order valence-corrected chi connectivity index (χ0v) is 9.06. The van der Waals surface area contributed by atoms with Crippen molar-refractivity contribution in [3.05, 3.63) is 16.1 Å². The summed E-state index contributed by atoms with van der Waals surface area (Å²) in [7, 11) is 0. The van der Waals surface area contributed by atoms with Crippen LogP contribution in [0.4, 0.5) is 0 Å². The monoisotopic (exact) mass is 266 g/mol. The SMILES string of the molecule is Cl.O=C(O)c1nc2n(c1Br)CCC2. The molecule has 0 amide bonds. The number of aryl methyl sites for hydroxylation is 1. The van der Waals surface area contributed by atoms with Crippen LogP contribution in [-0.4, -0.2) is 20.6 Å². The second kappa shape index (κ2) is 3.67. The fraction of sp³-hybridized carbons (Fsp3) is 0.429. The Balaban J connectivity index is 0.000000845. The average Bonchev–Trinajstić information content (AvgIpc) is 2.53. The molecule has 1 aromatic rings. The highest BCUT2D eigenvalue weighted by molar-refractivity contribution is 9.10. The van der Waals surface area contributed by atoms with E-state index in [1.807, 2.05) is 4.57 Å². The molecule has 1 N–H and O–H groups in total. The van der Waals surface area contributed by atoms with Crippen LogP contribution in [0.3, 0.4) is 0 Å². The first-order valence-corrected chi connectivity index (χ1v) is 4.47. The molecule has 1 aliphatic rings. The summed E-state index contributed by atoms with van der Waals surface area (Å²) >= 11 is 3.22. The van der Waals surface area contributed by atoms with Gasteiger partial charge in [0.2, 0.25) is 0 Å². The Labute approximate surface area is 89.5 Å². The Kier molecular flexibility index (Phi) is 2.98. The van der Waals surface area contributed by atoms with Crippen LogP contribution in [0.2, 0.25) is 0 Å². The Morgan fingerprint density at radius 3 is 2.85 bits per heavy atom. The molecule has 0 atom stereocenters. The third-order valence-electron chi connectivity index (χ3n) is 1.97. The maximum Gasteiger partial charge on any atom is 0.357 e. The molecule has 0 bridgehead atoms. The number of carboxylic acid groups (broad SMARTS) is 1. The summed E-state index contributed by atoms with van der Waals surface area (Å²) in [6.45, 7) is 0.871. The van der Waals surface area contributed by atoms with Crippen molar-refractivity contribution in [2.45, 2.75) is 19.4 Å². The lowest BCUT2D eigenvalue weighted by molar-refractivity contribution is 0.0689. The van der Waals surface area contributed by atoms with E-state index in [4.69, 9.17) is 5.11 Å². The third-order valence-corrected chi connectivity index (χ3v) is 2.77. The number of carbonyl (C=O) groups is 1. The molecule has 1 aliphatic heterocycles. The molecule has 0 saturated heterocycles. The zero-order chi connectivity index (χ0) is 8.72. The Bertz CT molecular complexity index is 351. The van der Waals surface area contributed by atoms with Gasteiger partial charge in [-0.1, -0.05) is 0 Å². The number of aromatic carboxylic acids is 1. The number of carboxylic acids is 1. The van der Waals surface area contributed by atoms with E-state index in [-0.39, 0.29) is 18.1 Å². The highest BCUT2D eigenvalue weighted by Crippen LogP contribution is 2.24. The third kappa shape index (κ3) is 1.58. The molecule has 0 aromatic carbocycles. The summed E-state index contributed by atoms with van der Waals surface area (Å²) < 4.78 is 2.51. The molecule has 0 radical (unpaired) electrons. The first-order valence-electron chi connectivity index (χ1n) is 3.68. The van der Waals surface area contributed by atoms with Crippen molar-refractivity contribution < 1.29 is 9.90 Å². The summed E-state index contributed by atoms with van der Waals surface area (Å²) in [5.74, 6) is -0.0944. The lowest BCUT2D eigenvalue weighted by Crippen LogP contribution is -1.99. The molecule has 0 aliphatic carbocycles. The molecule has 72 valence electrons. The van der Waals surface area contributed by atoms with Crippen molar-refractivity contribution in [2.75, 3.05) is 0 Å². The molecule has 4 nitrogen and oxygen atoms in total. The second-order valence-corrected chi connectivity index (χ2v) is 3.48. The van der Waals surface area contributed by atoms with Gasteiger partial charge in [0.05, 0.1) is 0 Å². The van der Waals surface area contributed by atoms with E-state index < -0.39 is 5.97 Å². The van der Waals surface area contributed by atoms with Crippen molar-refractivity contribution >= 4 is 34.3 Å². The Morgan fingerprint density at radius 2 is 2.31 bits per heavy atom. The molecule has 13 heavy (non-hydrogen) atoms. The molecule has 0 spiro atoms. The number of nitrogens with zero attached hydrogens (tertiary/aromatic N) is 2. The zero-order valence-electron chi connectivity index (χ0n) is 6.66. The van der Waals surface area contributed by atoms with Gasteiger partial charge in [-0.3, -0.25) is 0 Å². The van der Waals surface area contributed by atoms with Crippen LogP contribution >= 0.6 is 28.3 Å². The van der Waals surface area contributed by atoms with Gasteiger partial charge in [-0.2, -0.15) is 0 Å². The van der Waals surface area contributed by atoms with Gasteiger partial charge in [0.25, 0.3) is 0 Å². The predicted octanol–water partition coefficient (Wildman–Crippen LogP) is 1.71. The van der Waals surface area contributed by atoms with E-state index in [9.17, 15) is 4.79 Å². The van der Waals surface area contributed by atoms with Crippen molar-refractivity contribution in [1.29, 1.82) is 0 Å². The van der Waals surface area contributed by atoms with E-state index >= 15 is 0 Å². The molecule has 0 fully saturated rings. The highest BCUT2D eigenvalue weighted by Gasteiger charge is 2.22. The molecule has 2 heterocycles. The summed E-state index contributed by atoms with van der Waals surface area (Å²) in [5, 5.41) is 8.72. The number of aromatic nitrogens is 2. The van der Waals surface area contributed by atoms with Gasteiger partial charge < -0.3 is 9.67 Å². The smallest absolute Gasteiger partial charge is 0.357 e. The second-order valence-electron chi connectivity index (χ2n) is 2.73. The molecular weight excluding hydrogens is 259 g/mol. The van der Waals surface area contributed by atoms with E-state index in [1.165, 1.54) is 0 Å². The maximum absolute atomic E-state index is 10.6. The number of halogens is 2. The number of rotatable bonds is 1. The summed E-state index contributed by atoms with van der Waals surface area (Å²) in [4.78, 5) is 14.6. The lowest BCUT2D eigenvalue weighted by Gasteiger charge is -1.95. The molecular formula is C7H8BrClN2O2. The number of fused-ring (bicyclic) bond motifs is 1. The van der Waals surface area contributed by atoms with Crippen LogP contribution < -0.4 is 0 Å². The standard InChI is InChI=1S/C7H7BrN2O2.ClH/c8-6-5(7(11)12)9-4-2-1-3-10(4)6;/h1-3H2,(H,11,12);1H. The van der Waals surface area contributed by atoms with E-state index in [0.29, 0.717) is 4.60 Å². The van der Waals surface area contributed by atoms with Crippen molar-refractivity contribution in [3.8, 4) is 0 Å². The van der Waals surface area contributed by atoms with E-state index in [2.05, 4.69) is 20.9 Å². The van der Waals surface area contributed by atoms with Gasteiger partial charge in [0.15, 0.2) is 5.69 Å². The lowest BCUT2D eigenvalue weighted by atomic mass is 10.3. The fourth-order valence-electron chi connectivity index (χ4n) is 1.43. The van der Waals surface area contributed by atoms with Crippen LogP contribution in [0.25, 0.3) is 0 Å². The molecule has 0 unspecified atom stereocenters. The van der Waals surface area contributed by atoms with Gasteiger partial charge in [-0.25, -0.2) is 9.78 Å². The number of hydrogen-bond donors (Lipinski definition) is 1. The fourth-order valence-corrected chi connectivity index (χ4v) is 2.07. The first-order chi connectivity index (χ1) is 5.70. The topological polar surface area (TPSA) is 55.1 Å². The first kappa shape index (κ1) is 10.5. The number of imidazole rings is 1. The van der Waals surface area contributed by atoms with Gasteiger partial charge in [-0.05, 0) is 22.4 Å². The minimum Gasteiger partial charge on any atom is -0.476 e. The molecule has 2 rings (SSSR count).